The van der Waals surface area contributed by atoms with Gasteiger partial charge in [-0.05, 0) is 30.2 Å². The number of benzene rings is 1. The Morgan fingerprint density at radius 1 is 1.33 bits per heavy atom. The zero-order valence-electron chi connectivity index (χ0n) is 9.90. The summed E-state index contributed by atoms with van der Waals surface area (Å²) in [4.78, 5) is 4.11. The zero-order chi connectivity index (χ0) is 13.1. The summed E-state index contributed by atoms with van der Waals surface area (Å²) in [5.74, 6) is -0.469. The third kappa shape index (κ3) is 2.86. The summed E-state index contributed by atoms with van der Waals surface area (Å²) in [6.07, 6.45) is 1.14. The van der Waals surface area contributed by atoms with Gasteiger partial charge in [0.15, 0.2) is 0 Å². The highest BCUT2D eigenvalue weighted by atomic mass is 35.5. The number of halogens is 2. The zero-order valence-corrected chi connectivity index (χ0v) is 10.7. The van der Waals surface area contributed by atoms with Crippen LogP contribution in [0, 0.1) is 12.7 Å². The third-order valence-electron chi connectivity index (χ3n) is 2.76. The average molecular weight is 266 g/mol. The van der Waals surface area contributed by atoms with Crippen molar-refractivity contribution in [2.45, 2.75) is 19.4 Å². The van der Waals surface area contributed by atoms with Gasteiger partial charge in [0.05, 0.1) is 11.1 Å². The maximum Gasteiger partial charge on any atom is 0.142 e. The summed E-state index contributed by atoms with van der Waals surface area (Å²) in [5, 5.41) is 10.1. The van der Waals surface area contributed by atoms with Crippen LogP contribution in [0.25, 0.3) is 0 Å². The Morgan fingerprint density at radius 2 is 2.11 bits per heavy atom. The first-order valence-corrected chi connectivity index (χ1v) is 5.99. The first-order valence-electron chi connectivity index (χ1n) is 5.61. The fraction of sp³-hybridized carbons (Fsp3) is 0.214. The van der Waals surface area contributed by atoms with Gasteiger partial charge in [-0.1, -0.05) is 29.8 Å². The molecule has 2 aromatic rings. The van der Waals surface area contributed by atoms with Crippen LogP contribution in [0.1, 0.15) is 22.9 Å². The standard InChI is InChI=1S/C14H13ClFNO/c1-9-5-6-11(8-17-9)13(18)7-10-3-2-4-12(16)14(10)15/h2-6,8,13,18H,7H2,1H3. The molecular weight excluding hydrogens is 253 g/mol. The van der Waals surface area contributed by atoms with E-state index in [1.165, 1.54) is 6.07 Å². The van der Waals surface area contributed by atoms with E-state index in [1.54, 1.807) is 24.4 Å². The van der Waals surface area contributed by atoms with Crippen molar-refractivity contribution in [2.75, 3.05) is 0 Å². The van der Waals surface area contributed by atoms with Crippen molar-refractivity contribution in [1.82, 2.24) is 4.98 Å². The van der Waals surface area contributed by atoms with Crippen LogP contribution in [0.2, 0.25) is 5.02 Å². The van der Waals surface area contributed by atoms with Crippen molar-refractivity contribution in [1.29, 1.82) is 0 Å². The van der Waals surface area contributed by atoms with Crippen LogP contribution >= 0.6 is 11.6 Å². The summed E-state index contributed by atoms with van der Waals surface area (Å²) in [7, 11) is 0. The van der Waals surface area contributed by atoms with Gasteiger partial charge in [0.2, 0.25) is 0 Å². The molecule has 1 aromatic carbocycles. The largest absolute Gasteiger partial charge is 0.388 e. The Labute approximate surface area is 110 Å². The molecule has 0 radical (unpaired) electrons. The van der Waals surface area contributed by atoms with E-state index >= 15 is 0 Å². The van der Waals surface area contributed by atoms with Gasteiger partial charge >= 0.3 is 0 Å². The summed E-state index contributed by atoms with van der Waals surface area (Å²) in [6, 6.07) is 8.21. The molecule has 1 N–H and O–H groups in total. The molecule has 0 aliphatic carbocycles. The molecule has 94 valence electrons. The maximum absolute atomic E-state index is 13.3. The minimum Gasteiger partial charge on any atom is -0.388 e. The number of aliphatic hydroxyl groups is 1. The summed E-state index contributed by atoms with van der Waals surface area (Å²) in [6.45, 7) is 1.87. The number of pyridine rings is 1. The van der Waals surface area contributed by atoms with Crippen molar-refractivity contribution in [3.8, 4) is 0 Å². The van der Waals surface area contributed by atoms with Crippen LogP contribution in [-0.2, 0) is 6.42 Å². The molecular formula is C14H13ClFNO. The molecule has 1 unspecified atom stereocenters. The maximum atomic E-state index is 13.3. The molecule has 0 spiro atoms. The molecule has 4 heteroatoms. The SMILES string of the molecule is Cc1ccc(C(O)Cc2cccc(F)c2Cl)cn1. The molecule has 0 amide bonds. The summed E-state index contributed by atoms with van der Waals surface area (Å²) < 4.78 is 13.3. The Kier molecular flexibility index (Phi) is 3.94. The minimum absolute atomic E-state index is 0.0663. The van der Waals surface area contributed by atoms with Crippen molar-refractivity contribution < 1.29 is 9.50 Å². The number of hydrogen-bond donors (Lipinski definition) is 1. The smallest absolute Gasteiger partial charge is 0.142 e. The second kappa shape index (κ2) is 5.46. The highest BCUT2D eigenvalue weighted by Gasteiger charge is 2.13. The van der Waals surface area contributed by atoms with Crippen molar-refractivity contribution in [3.05, 3.63) is 64.2 Å². The number of rotatable bonds is 3. The topological polar surface area (TPSA) is 33.1 Å². The highest BCUT2D eigenvalue weighted by molar-refractivity contribution is 6.31. The van der Waals surface area contributed by atoms with Gasteiger partial charge in [-0.15, -0.1) is 0 Å². The van der Waals surface area contributed by atoms with E-state index in [-0.39, 0.29) is 11.4 Å². The van der Waals surface area contributed by atoms with Gasteiger partial charge in [-0.25, -0.2) is 4.39 Å². The van der Waals surface area contributed by atoms with Crippen molar-refractivity contribution in [2.24, 2.45) is 0 Å². The molecule has 1 atom stereocenters. The molecule has 0 aliphatic heterocycles. The molecule has 0 saturated heterocycles. The van der Waals surface area contributed by atoms with E-state index in [0.29, 0.717) is 11.1 Å². The number of nitrogens with zero attached hydrogens (tertiary/aromatic N) is 1. The van der Waals surface area contributed by atoms with E-state index in [0.717, 1.165) is 5.69 Å². The molecule has 0 aliphatic rings. The van der Waals surface area contributed by atoms with E-state index in [9.17, 15) is 9.50 Å². The first-order chi connectivity index (χ1) is 8.58. The third-order valence-corrected chi connectivity index (χ3v) is 3.19. The van der Waals surface area contributed by atoms with Crippen LogP contribution in [-0.4, -0.2) is 10.1 Å². The average Bonchev–Trinajstić information content (AvgIpc) is 2.36. The van der Waals surface area contributed by atoms with Gasteiger partial charge in [-0.3, -0.25) is 4.98 Å². The fourth-order valence-corrected chi connectivity index (χ4v) is 1.91. The van der Waals surface area contributed by atoms with Gasteiger partial charge in [0.1, 0.15) is 5.82 Å². The molecule has 2 nitrogen and oxygen atoms in total. The van der Waals surface area contributed by atoms with E-state index < -0.39 is 11.9 Å². The second-order valence-corrected chi connectivity index (χ2v) is 4.54. The van der Waals surface area contributed by atoms with Crippen LogP contribution in [0.4, 0.5) is 4.39 Å². The van der Waals surface area contributed by atoms with Gasteiger partial charge in [-0.2, -0.15) is 0 Å². The number of aromatic nitrogens is 1. The lowest BCUT2D eigenvalue weighted by Crippen LogP contribution is -2.03. The normalized spacial score (nSPS) is 12.4. The number of aryl methyl sites for hydroxylation is 1. The van der Waals surface area contributed by atoms with Crippen molar-refractivity contribution >= 4 is 11.6 Å². The lowest BCUT2D eigenvalue weighted by Gasteiger charge is -2.12. The monoisotopic (exact) mass is 265 g/mol. The molecule has 1 aromatic heterocycles. The Hall–Kier alpha value is -1.45. The summed E-state index contributed by atoms with van der Waals surface area (Å²) in [5.41, 5.74) is 2.17. The van der Waals surface area contributed by atoms with E-state index in [4.69, 9.17) is 11.6 Å². The van der Waals surface area contributed by atoms with Gasteiger partial charge in [0.25, 0.3) is 0 Å². The van der Waals surface area contributed by atoms with Gasteiger partial charge < -0.3 is 5.11 Å². The van der Waals surface area contributed by atoms with E-state index in [2.05, 4.69) is 4.98 Å². The Bertz CT molecular complexity index is 542. The molecule has 0 saturated carbocycles. The van der Waals surface area contributed by atoms with Crippen LogP contribution in [0.15, 0.2) is 36.5 Å². The second-order valence-electron chi connectivity index (χ2n) is 4.17. The fourth-order valence-electron chi connectivity index (χ4n) is 1.71. The minimum atomic E-state index is -0.739. The van der Waals surface area contributed by atoms with E-state index in [1.807, 2.05) is 13.0 Å². The lowest BCUT2D eigenvalue weighted by atomic mass is 10.0. The molecule has 1 heterocycles. The Morgan fingerprint density at radius 3 is 2.78 bits per heavy atom. The number of aliphatic hydroxyl groups excluding tert-OH is 1. The first kappa shape index (κ1) is 13.0. The molecule has 2 rings (SSSR count). The Balaban J connectivity index is 2.18. The highest BCUT2D eigenvalue weighted by Crippen LogP contribution is 2.25. The summed E-state index contributed by atoms with van der Waals surface area (Å²) >= 11 is 5.85. The lowest BCUT2D eigenvalue weighted by molar-refractivity contribution is 0.178. The van der Waals surface area contributed by atoms with Gasteiger partial charge in [0, 0.05) is 18.3 Å². The number of hydrogen-bond acceptors (Lipinski definition) is 2. The van der Waals surface area contributed by atoms with Crippen LogP contribution in [0.5, 0.6) is 0 Å². The molecule has 18 heavy (non-hydrogen) atoms. The predicted molar refractivity (Wildman–Crippen MR) is 69.0 cm³/mol. The van der Waals surface area contributed by atoms with Crippen LogP contribution in [0.3, 0.4) is 0 Å². The van der Waals surface area contributed by atoms with Crippen molar-refractivity contribution in [3.63, 3.8) is 0 Å². The predicted octanol–water partition coefficient (Wildman–Crippen LogP) is 3.46. The molecule has 0 bridgehead atoms. The quantitative estimate of drug-likeness (QED) is 0.922. The molecule has 0 fully saturated rings. The van der Waals surface area contributed by atoms with Crippen LogP contribution < -0.4 is 0 Å².